The summed E-state index contributed by atoms with van der Waals surface area (Å²) in [4.78, 5) is 25.9. The van der Waals surface area contributed by atoms with Crippen LogP contribution in [-0.2, 0) is 47.9 Å². The zero-order valence-electron chi connectivity index (χ0n) is 25.8. The Bertz CT molecular complexity index is 2140. The highest BCUT2D eigenvalue weighted by molar-refractivity contribution is 7.94. The molecule has 0 aliphatic carbocycles. The number of nitrogen functional groups attached to an aromatic ring is 1. The Labute approximate surface area is 283 Å². The molecule has 0 atom stereocenters. The van der Waals surface area contributed by atoms with Gasteiger partial charge in [-0.1, -0.05) is 5.04 Å². The monoisotopic (exact) mass is 733 g/mol. The van der Waals surface area contributed by atoms with Gasteiger partial charge >= 0.3 is 5.97 Å². The molecule has 0 unspecified atom stereocenters. The summed E-state index contributed by atoms with van der Waals surface area (Å²) in [6, 6.07) is 13.7. The van der Waals surface area contributed by atoms with Crippen molar-refractivity contribution >= 4 is 83.5 Å². The number of phenolic OH excluding ortho intramolecular Hbond substituents is 1. The number of azo groups is 2. The Kier molecular flexibility index (Phi) is 12.1. The molecular formula is C29H27N5O12S3. The second-order valence-electron chi connectivity index (χ2n) is 9.58. The lowest BCUT2D eigenvalue weighted by Crippen LogP contribution is -2.14. The van der Waals surface area contributed by atoms with Crippen LogP contribution in [0.15, 0.2) is 95.8 Å². The number of fused-ring (bicyclic) bond motifs is 1. The number of rotatable bonds is 15. The summed E-state index contributed by atoms with van der Waals surface area (Å²) in [5.74, 6) is -1.61. The van der Waals surface area contributed by atoms with E-state index in [9.17, 15) is 31.5 Å². The van der Waals surface area contributed by atoms with Crippen LogP contribution in [-0.4, -0.2) is 60.8 Å². The lowest BCUT2D eigenvalue weighted by Gasteiger charge is -2.15. The van der Waals surface area contributed by atoms with E-state index >= 15 is 0 Å². The maximum Gasteiger partial charge on any atom is 0.302 e. The lowest BCUT2D eigenvalue weighted by atomic mass is 10.1. The standard InChI is InChI=1S/C29H27N5O12S3/c1-17(36)44-12-13-48(38,39)22-10-8-21(9-11-22)32-34-28-24(49(40,41)43-3)15-19-14-23(47-46-45-42-2)27(29(37)25(19)26(28)30)33-31-20-6-4-18(16-35)5-7-20/h4-11,14-16,37H,12-13,30H2,1-3H3. The maximum atomic E-state index is 13.0. The number of nitrogens with two attached hydrogens (primary N) is 1. The maximum absolute atomic E-state index is 13.0. The molecule has 0 aromatic heterocycles. The van der Waals surface area contributed by atoms with E-state index in [1.807, 2.05) is 0 Å². The number of ether oxygens (including phenoxy) is 1. The van der Waals surface area contributed by atoms with Gasteiger partial charge in [-0.05, 0) is 66.0 Å². The van der Waals surface area contributed by atoms with Crippen molar-refractivity contribution in [1.29, 1.82) is 0 Å². The van der Waals surface area contributed by atoms with Gasteiger partial charge < -0.3 is 15.6 Å². The molecule has 4 aromatic carbocycles. The molecule has 0 aliphatic rings. The SMILES string of the molecule is COOOSc1cc2cc(S(=O)(=O)OC)c(N=Nc3ccc(S(=O)(=O)CCOC(C)=O)cc3)c(N)c2c(O)c1N=Nc1ccc(C=O)cc1. The van der Waals surface area contributed by atoms with E-state index in [-0.39, 0.29) is 44.2 Å². The number of esters is 1. The largest absolute Gasteiger partial charge is 0.505 e. The van der Waals surface area contributed by atoms with Gasteiger partial charge in [-0.25, -0.2) is 13.3 Å². The first kappa shape index (κ1) is 37.0. The molecule has 4 aromatic rings. The minimum Gasteiger partial charge on any atom is -0.505 e. The summed E-state index contributed by atoms with van der Waals surface area (Å²) >= 11 is 0.551. The van der Waals surface area contributed by atoms with Crippen LogP contribution in [0.5, 0.6) is 5.75 Å². The molecule has 49 heavy (non-hydrogen) atoms. The van der Waals surface area contributed by atoms with Crippen LogP contribution in [0.1, 0.15) is 17.3 Å². The van der Waals surface area contributed by atoms with Crippen molar-refractivity contribution in [1.82, 2.24) is 0 Å². The second kappa shape index (κ2) is 16.0. The number of hydrogen-bond acceptors (Lipinski definition) is 18. The van der Waals surface area contributed by atoms with Gasteiger partial charge in [-0.3, -0.25) is 13.8 Å². The molecule has 3 N–H and O–H groups in total. The van der Waals surface area contributed by atoms with Crippen molar-refractivity contribution in [2.45, 2.75) is 21.6 Å². The van der Waals surface area contributed by atoms with Gasteiger partial charge in [0.05, 0.1) is 64.3 Å². The van der Waals surface area contributed by atoms with Crippen LogP contribution in [0, 0.1) is 0 Å². The first-order chi connectivity index (χ1) is 23.3. The molecule has 0 fully saturated rings. The summed E-state index contributed by atoms with van der Waals surface area (Å²) in [5.41, 5.74) is 6.35. The van der Waals surface area contributed by atoms with Crippen LogP contribution >= 0.6 is 12.0 Å². The third-order valence-corrected chi connectivity index (χ3v) is 10.0. The number of aromatic hydroxyl groups is 1. The lowest BCUT2D eigenvalue weighted by molar-refractivity contribution is -0.447. The van der Waals surface area contributed by atoms with Gasteiger partial charge in [-0.15, -0.1) is 14.6 Å². The van der Waals surface area contributed by atoms with E-state index in [2.05, 4.69) is 30.4 Å². The number of hydrogen-bond donors (Lipinski definition) is 2. The zero-order chi connectivity index (χ0) is 35.8. The predicted octanol–water partition coefficient (Wildman–Crippen LogP) is 5.96. The van der Waals surface area contributed by atoms with E-state index in [1.54, 1.807) is 0 Å². The molecule has 4 rings (SSSR count). The third-order valence-electron chi connectivity index (χ3n) is 6.44. The zero-order valence-corrected chi connectivity index (χ0v) is 28.2. The molecule has 0 aliphatic heterocycles. The number of carbonyl (C=O) groups excluding carboxylic acids is 2. The molecule has 0 radical (unpaired) electrons. The van der Waals surface area contributed by atoms with Gasteiger partial charge in [0.15, 0.2) is 15.6 Å². The quantitative estimate of drug-likeness (QED) is 0.0165. The number of nitrogens with zero attached hydrogens (tertiary/aromatic N) is 4. The fourth-order valence-corrected chi connectivity index (χ4v) is 6.58. The molecule has 0 heterocycles. The molecule has 0 saturated carbocycles. The van der Waals surface area contributed by atoms with E-state index in [0.717, 1.165) is 20.1 Å². The fourth-order valence-electron chi connectivity index (χ4n) is 4.10. The van der Waals surface area contributed by atoms with E-state index < -0.39 is 48.0 Å². The Morgan fingerprint density at radius 1 is 0.918 bits per heavy atom. The van der Waals surface area contributed by atoms with Crippen molar-refractivity contribution in [2.24, 2.45) is 20.5 Å². The van der Waals surface area contributed by atoms with Crippen molar-refractivity contribution in [3.63, 3.8) is 0 Å². The average molecular weight is 734 g/mol. The minimum atomic E-state index is -4.48. The van der Waals surface area contributed by atoms with Gasteiger partial charge in [0, 0.05) is 12.5 Å². The Balaban J connectivity index is 1.82. The number of benzene rings is 4. The molecule has 20 heteroatoms. The number of anilines is 1. The summed E-state index contributed by atoms with van der Waals surface area (Å²) < 4.78 is 65.4. The molecule has 0 bridgehead atoms. The first-order valence-corrected chi connectivity index (χ1v) is 17.4. The fraction of sp³-hybridized carbons (Fsp3) is 0.172. The Morgan fingerprint density at radius 3 is 2.10 bits per heavy atom. The highest BCUT2D eigenvalue weighted by Gasteiger charge is 2.27. The number of sulfone groups is 1. The molecular weight excluding hydrogens is 707 g/mol. The van der Waals surface area contributed by atoms with Gasteiger partial charge in [0.25, 0.3) is 10.1 Å². The van der Waals surface area contributed by atoms with Gasteiger partial charge in [0.1, 0.15) is 29.2 Å². The van der Waals surface area contributed by atoms with Gasteiger partial charge in [-0.2, -0.15) is 18.6 Å². The van der Waals surface area contributed by atoms with E-state index in [0.29, 0.717) is 29.6 Å². The number of carbonyl (C=O) groups is 2. The summed E-state index contributed by atoms with van der Waals surface area (Å²) in [6.45, 7) is 0.836. The van der Waals surface area contributed by atoms with E-state index in [4.69, 9.17) is 19.0 Å². The summed E-state index contributed by atoms with van der Waals surface area (Å²) in [6.07, 6.45) is 0.656. The van der Waals surface area contributed by atoms with Gasteiger partial charge in [0.2, 0.25) is 0 Å². The highest BCUT2D eigenvalue weighted by Crippen LogP contribution is 2.49. The van der Waals surface area contributed by atoms with Crippen LogP contribution in [0.25, 0.3) is 10.8 Å². The molecule has 0 spiro atoms. The normalized spacial score (nSPS) is 12.2. The second-order valence-corrected chi connectivity index (χ2v) is 14.1. The predicted molar refractivity (Wildman–Crippen MR) is 175 cm³/mol. The first-order valence-electron chi connectivity index (χ1n) is 13.6. The average Bonchev–Trinajstić information content (AvgIpc) is 3.07. The van der Waals surface area contributed by atoms with E-state index in [1.165, 1.54) is 61.7 Å². The topological polar surface area (TPSA) is 244 Å². The number of phenols is 1. The van der Waals surface area contributed by atoms with Crippen molar-refractivity contribution < 1.29 is 54.7 Å². The number of aldehydes is 1. The summed E-state index contributed by atoms with van der Waals surface area (Å²) in [7, 11) is -6.16. The smallest absolute Gasteiger partial charge is 0.302 e. The summed E-state index contributed by atoms with van der Waals surface area (Å²) in [5, 5.41) is 32.2. The van der Waals surface area contributed by atoms with Crippen LogP contribution in [0.3, 0.4) is 0 Å². The van der Waals surface area contributed by atoms with Crippen molar-refractivity contribution in [3.8, 4) is 5.75 Å². The third kappa shape index (κ3) is 9.00. The van der Waals surface area contributed by atoms with Crippen LogP contribution in [0.2, 0.25) is 0 Å². The molecule has 0 amide bonds. The molecule has 258 valence electrons. The minimum absolute atomic E-state index is 0.0775. The Morgan fingerprint density at radius 2 is 1.53 bits per heavy atom. The van der Waals surface area contributed by atoms with Crippen LogP contribution < -0.4 is 5.73 Å². The Hall–Kier alpha value is -4.83. The van der Waals surface area contributed by atoms with Crippen LogP contribution in [0.4, 0.5) is 28.4 Å². The highest BCUT2D eigenvalue weighted by atomic mass is 32.2. The molecule has 0 saturated heterocycles. The molecule has 17 nitrogen and oxygen atoms in total. The van der Waals surface area contributed by atoms with Crippen molar-refractivity contribution in [2.75, 3.05) is 32.3 Å². The van der Waals surface area contributed by atoms with Crippen molar-refractivity contribution in [3.05, 3.63) is 66.2 Å².